The Hall–Kier alpha value is -3.34. The van der Waals surface area contributed by atoms with E-state index in [0.29, 0.717) is 17.1 Å². The van der Waals surface area contributed by atoms with Gasteiger partial charge in [0.05, 0.1) is 25.6 Å². The monoisotopic (exact) mass is 334 g/mol. The lowest BCUT2D eigenvalue weighted by atomic mass is 10.1. The van der Waals surface area contributed by atoms with Gasteiger partial charge < -0.3 is 9.47 Å². The summed E-state index contributed by atoms with van der Waals surface area (Å²) in [4.78, 5) is 12.1. The van der Waals surface area contributed by atoms with E-state index in [1.165, 1.54) is 6.08 Å². The van der Waals surface area contributed by atoms with Crippen molar-refractivity contribution >= 4 is 11.9 Å². The van der Waals surface area contributed by atoms with E-state index >= 15 is 0 Å². The molecule has 3 rings (SSSR count). The summed E-state index contributed by atoms with van der Waals surface area (Å²) >= 11 is 0. The molecule has 0 aliphatic heterocycles. The van der Waals surface area contributed by atoms with Crippen molar-refractivity contribution in [3.8, 4) is 22.8 Å². The van der Waals surface area contributed by atoms with Gasteiger partial charge in [0.25, 0.3) is 0 Å². The van der Waals surface area contributed by atoms with Crippen LogP contribution in [0.15, 0.2) is 60.7 Å². The molecule has 2 aromatic carbocycles. The molecule has 0 aliphatic rings. The van der Waals surface area contributed by atoms with Gasteiger partial charge in [-0.3, -0.25) is 9.89 Å². The van der Waals surface area contributed by atoms with Gasteiger partial charge in [-0.15, -0.1) is 0 Å². The topological polar surface area (TPSA) is 64.2 Å². The van der Waals surface area contributed by atoms with Gasteiger partial charge in [0.15, 0.2) is 17.3 Å². The van der Waals surface area contributed by atoms with E-state index in [2.05, 4.69) is 10.2 Å². The van der Waals surface area contributed by atoms with Crippen LogP contribution in [0.3, 0.4) is 0 Å². The normalized spacial score (nSPS) is 10.8. The van der Waals surface area contributed by atoms with E-state index in [9.17, 15) is 4.79 Å². The third-order valence-electron chi connectivity index (χ3n) is 3.75. The Morgan fingerprint density at radius 3 is 2.48 bits per heavy atom. The highest BCUT2D eigenvalue weighted by atomic mass is 16.5. The first kappa shape index (κ1) is 16.5. The van der Waals surface area contributed by atoms with Crippen molar-refractivity contribution in [2.75, 3.05) is 14.2 Å². The molecule has 0 atom stereocenters. The van der Waals surface area contributed by atoms with Gasteiger partial charge in [0.1, 0.15) is 0 Å². The van der Waals surface area contributed by atoms with E-state index in [1.807, 2.05) is 42.5 Å². The van der Waals surface area contributed by atoms with Crippen LogP contribution in [0, 0.1) is 0 Å². The fourth-order valence-electron chi connectivity index (χ4n) is 2.43. The smallest absolute Gasteiger partial charge is 0.185 e. The third-order valence-corrected chi connectivity index (χ3v) is 3.75. The molecule has 5 nitrogen and oxygen atoms in total. The van der Waals surface area contributed by atoms with E-state index in [-0.39, 0.29) is 5.78 Å². The summed E-state index contributed by atoms with van der Waals surface area (Å²) < 4.78 is 10.5. The molecule has 0 fully saturated rings. The van der Waals surface area contributed by atoms with Crippen molar-refractivity contribution in [3.05, 3.63) is 71.9 Å². The molecule has 0 saturated heterocycles. The fourth-order valence-corrected chi connectivity index (χ4v) is 2.43. The molecular formula is C20H18N2O3. The minimum atomic E-state index is -0.0529. The number of ether oxygens (including phenoxy) is 2. The molecule has 0 bridgehead atoms. The number of hydrogen-bond donors (Lipinski definition) is 1. The van der Waals surface area contributed by atoms with Gasteiger partial charge in [-0.05, 0) is 36.4 Å². The number of nitrogens with one attached hydrogen (secondary N) is 1. The molecule has 126 valence electrons. The highest BCUT2D eigenvalue weighted by Gasteiger charge is 2.08. The number of rotatable bonds is 6. The Balaban J connectivity index is 1.79. The van der Waals surface area contributed by atoms with E-state index < -0.39 is 0 Å². The van der Waals surface area contributed by atoms with Crippen LogP contribution < -0.4 is 9.47 Å². The number of aromatic amines is 1. The maximum absolute atomic E-state index is 12.1. The van der Waals surface area contributed by atoms with E-state index in [0.717, 1.165) is 17.0 Å². The molecule has 0 saturated carbocycles. The number of aromatic nitrogens is 2. The van der Waals surface area contributed by atoms with E-state index in [4.69, 9.17) is 9.47 Å². The minimum absolute atomic E-state index is 0.0529. The minimum Gasteiger partial charge on any atom is -0.493 e. The number of methoxy groups -OCH3 is 2. The molecule has 3 aromatic rings. The van der Waals surface area contributed by atoms with Crippen molar-refractivity contribution in [1.29, 1.82) is 0 Å². The summed E-state index contributed by atoms with van der Waals surface area (Å²) in [5, 5.41) is 7.20. The Morgan fingerprint density at radius 2 is 1.76 bits per heavy atom. The van der Waals surface area contributed by atoms with Crippen molar-refractivity contribution in [2.24, 2.45) is 0 Å². The lowest BCUT2D eigenvalue weighted by molar-refractivity contribution is 0.104. The van der Waals surface area contributed by atoms with Gasteiger partial charge in [-0.1, -0.05) is 30.3 Å². The zero-order chi connectivity index (χ0) is 17.6. The first-order chi connectivity index (χ1) is 12.2. The second kappa shape index (κ2) is 7.49. The Morgan fingerprint density at radius 1 is 1.00 bits per heavy atom. The quantitative estimate of drug-likeness (QED) is 0.547. The van der Waals surface area contributed by atoms with Crippen LogP contribution >= 0.6 is 0 Å². The lowest BCUT2D eigenvalue weighted by Gasteiger charge is -2.08. The second-order valence-corrected chi connectivity index (χ2v) is 5.34. The molecule has 0 aliphatic carbocycles. The summed E-state index contributed by atoms with van der Waals surface area (Å²) in [5.74, 6) is 1.25. The van der Waals surface area contributed by atoms with Crippen LogP contribution in [-0.2, 0) is 0 Å². The first-order valence-corrected chi connectivity index (χ1v) is 7.76. The predicted molar refractivity (Wildman–Crippen MR) is 96.9 cm³/mol. The number of H-pyrrole nitrogens is 1. The van der Waals surface area contributed by atoms with Crippen LogP contribution in [0.2, 0.25) is 0 Å². The number of carbonyl (C=O) groups excluding carboxylic acids is 1. The summed E-state index contributed by atoms with van der Waals surface area (Å²) in [6.07, 6.45) is 3.24. The highest BCUT2D eigenvalue weighted by molar-refractivity contribution is 6.06. The van der Waals surface area contributed by atoms with Gasteiger partial charge in [-0.2, -0.15) is 5.10 Å². The molecule has 1 N–H and O–H groups in total. The molecule has 25 heavy (non-hydrogen) atoms. The van der Waals surface area contributed by atoms with E-state index in [1.54, 1.807) is 32.4 Å². The maximum atomic E-state index is 12.1. The number of allylic oxidation sites excluding steroid dienone is 1. The first-order valence-electron chi connectivity index (χ1n) is 7.76. The summed E-state index contributed by atoms with van der Waals surface area (Å²) in [6.45, 7) is 0. The second-order valence-electron chi connectivity index (χ2n) is 5.34. The Bertz CT molecular complexity index is 898. The molecule has 0 unspecified atom stereocenters. The van der Waals surface area contributed by atoms with Crippen LogP contribution in [0.5, 0.6) is 11.5 Å². The van der Waals surface area contributed by atoms with Crippen LogP contribution in [0.25, 0.3) is 17.3 Å². The zero-order valence-corrected chi connectivity index (χ0v) is 14.0. The average Bonchev–Trinajstić information content (AvgIpc) is 3.15. The molecular weight excluding hydrogens is 316 g/mol. The average molecular weight is 334 g/mol. The van der Waals surface area contributed by atoms with Gasteiger partial charge in [0.2, 0.25) is 0 Å². The molecule has 0 radical (unpaired) electrons. The van der Waals surface area contributed by atoms with Crippen molar-refractivity contribution < 1.29 is 14.3 Å². The SMILES string of the molecule is COc1ccc(-c2cc(C=CC(=O)c3ccccc3)[nH]n2)cc1OC. The predicted octanol–water partition coefficient (Wildman–Crippen LogP) is 3.99. The van der Waals surface area contributed by atoms with Gasteiger partial charge in [-0.25, -0.2) is 0 Å². The van der Waals surface area contributed by atoms with Crippen molar-refractivity contribution in [3.63, 3.8) is 0 Å². The zero-order valence-electron chi connectivity index (χ0n) is 14.0. The van der Waals surface area contributed by atoms with Crippen molar-refractivity contribution in [2.45, 2.75) is 0 Å². The standard InChI is InChI=1S/C20H18N2O3/c1-24-19-11-8-15(12-20(19)25-2)17-13-16(21-22-17)9-10-18(23)14-6-4-3-5-7-14/h3-13H,1-2H3,(H,21,22). The lowest BCUT2D eigenvalue weighted by Crippen LogP contribution is -1.92. The van der Waals surface area contributed by atoms with Crippen molar-refractivity contribution in [1.82, 2.24) is 10.2 Å². The van der Waals surface area contributed by atoms with Gasteiger partial charge in [0, 0.05) is 11.1 Å². The number of benzene rings is 2. The largest absolute Gasteiger partial charge is 0.493 e. The van der Waals surface area contributed by atoms with Crippen LogP contribution in [0.4, 0.5) is 0 Å². The number of carbonyl (C=O) groups is 1. The summed E-state index contributed by atoms with van der Waals surface area (Å²) in [7, 11) is 3.19. The Labute approximate surface area is 145 Å². The summed E-state index contributed by atoms with van der Waals surface area (Å²) in [6, 6.07) is 16.6. The number of hydrogen-bond acceptors (Lipinski definition) is 4. The van der Waals surface area contributed by atoms with Crippen LogP contribution in [-0.4, -0.2) is 30.2 Å². The molecule has 1 heterocycles. The third kappa shape index (κ3) is 3.77. The summed E-state index contributed by atoms with van der Waals surface area (Å²) in [5.41, 5.74) is 3.04. The van der Waals surface area contributed by atoms with Crippen LogP contribution in [0.1, 0.15) is 16.1 Å². The number of nitrogens with zero attached hydrogens (tertiary/aromatic N) is 1. The number of ketones is 1. The maximum Gasteiger partial charge on any atom is 0.185 e. The molecule has 0 spiro atoms. The molecule has 5 heteroatoms. The molecule has 0 amide bonds. The fraction of sp³-hybridized carbons (Fsp3) is 0.100. The highest BCUT2D eigenvalue weighted by Crippen LogP contribution is 2.31. The van der Waals surface area contributed by atoms with Gasteiger partial charge >= 0.3 is 0 Å². The Kier molecular flexibility index (Phi) is 4.95. The molecule has 1 aromatic heterocycles.